The van der Waals surface area contributed by atoms with E-state index in [4.69, 9.17) is 0 Å². The number of carbonyl (C=O) groups excluding carboxylic acids is 1. The number of halogens is 1. The highest BCUT2D eigenvalue weighted by Crippen LogP contribution is 2.24. The fraction of sp³-hybridized carbons (Fsp3) is 0.632. The van der Waals surface area contributed by atoms with Crippen LogP contribution < -0.4 is 10.6 Å². The van der Waals surface area contributed by atoms with Crippen LogP contribution in [0.15, 0.2) is 12.1 Å². The zero-order valence-electron chi connectivity index (χ0n) is 14.9. The van der Waals surface area contributed by atoms with Crippen LogP contribution >= 0.6 is 12.4 Å². The highest BCUT2D eigenvalue weighted by Gasteiger charge is 2.21. The van der Waals surface area contributed by atoms with E-state index in [1.807, 2.05) is 0 Å². The molecule has 0 spiro atoms. The van der Waals surface area contributed by atoms with E-state index in [1.165, 1.54) is 35.1 Å². The molecule has 0 saturated carbocycles. The minimum atomic E-state index is 0. The molecule has 2 rings (SSSR count). The summed E-state index contributed by atoms with van der Waals surface area (Å²) < 4.78 is 0. The van der Waals surface area contributed by atoms with Gasteiger partial charge < -0.3 is 10.6 Å². The van der Waals surface area contributed by atoms with Crippen LogP contribution in [0.1, 0.15) is 48.4 Å². The number of rotatable bonds is 5. The molecule has 1 aliphatic heterocycles. The molecule has 1 aromatic carbocycles. The van der Waals surface area contributed by atoms with Crippen molar-refractivity contribution in [2.24, 2.45) is 11.8 Å². The quantitative estimate of drug-likeness (QED) is 0.860. The van der Waals surface area contributed by atoms with Crippen molar-refractivity contribution in [2.75, 3.05) is 13.1 Å². The fourth-order valence-electron chi connectivity index (χ4n) is 3.62. The molecule has 0 aromatic heterocycles. The van der Waals surface area contributed by atoms with Gasteiger partial charge in [0.1, 0.15) is 0 Å². The van der Waals surface area contributed by atoms with Crippen LogP contribution in [0.3, 0.4) is 0 Å². The van der Waals surface area contributed by atoms with E-state index in [2.05, 4.69) is 50.5 Å². The number of nitrogens with one attached hydrogen (secondary N) is 2. The Morgan fingerprint density at radius 1 is 1.22 bits per heavy atom. The van der Waals surface area contributed by atoms with Crippen LogP contribution in [0.2, 0.25) is 0 Å². The number of aryl methyl sites for hydroxylation is 3. The molecule has 0 radical (unpaired) electrons. The predicted molar refractivity (Wildman–Crippen MR) is 99.1 cm³/mol. The maximum Gasteiger partial charge on any atom is 0.220 e. The molecule has 1 heterocycles. The molecule has 130 valence electrons. The van der Waals surface area contributed by atoms with Gasteiger partial charge >= 0.3 is 0 Å². The lowest BCUT2D eigenvalue weighted by Crippen LogP contribution is -2.33. The summed E-state index contributed by atoms with van der Waals surface area (Å²) in [6, 6.07) is 4.37. The van der Waals surface area contributed by atoms with E-state index in [0.717, 1.165) is 13.1 Å². The minimum Gasteiger partial charge on any atom is -0.352 e. The molecule has 1 fully saturated rings. The molecule has 1 atom stereocenters. The lowest BCUT2D eigenvalue weighted by atomic mass is 9.84. The lowest BCUT2D eigenvalue weighted by Gasteiger charge is -2.28. The summed E-state index contributed by atoms with van der Waals surface area (Å²) in [6.07, 6.45) is 3.05. The van der Waals surface area contributed by atoms with Gasteiger partial charge in [0.2, 0.25) is 5.91 Å². The molecule has 1 aliphatic rings. The Morgan fingerprint density at radius 3 is 2.35 bits per heavy atom. The van der Waals surface area contributed by atoms with Crippen LogP contribution in [0.25, 0.3) is 0 Å². The van der Waals surface area contributed by atoms with Crippen molar-refractivity contribution in [1.29, 1.82) is 0 Å². The monoisotopic (exact) mass is 338 g/mol. The average molecular weight is 339 g/mol. The lowest BCUT2D eigenvalue weighted by molar-refractivity contribution is -0.122. The number of amides is 1. The summed E-state index contributed by atoms with van der Waals surface area (Å²) in [7, 11) is 0. The van der Waals surface area contributed by atoms with Gasteiger partial charge in [-0.1, -0.05) is 24.6 Å². The first-order valence-corrected chi connectivity index (χ1v) is 8.51. The van der Waals surface area contributed by atoms with Crippen LogP contribution in [-0.4, -0.2) is 19.0 Å². The summed E-state index contributed by atoms with van der Waals surface area (Å²) in [4.78, 5) is 12.2. The van der Waals surface area contributed by atoms with Gasteiger partial charge in [-0.05, 0) is 75.2 Å². The van der Waals surface area contributed by atoms with Crippen molar-refractivity contribution in [1.82, 2.24) is 10.6 Å². The molecule has 4 heteroatoms. The highest BCUT2D eigenvalue weighted by molar-refractivity contribution is 5.85. The van der Waals surface area contributed by atoms with Gasteiger partial charge in [0, 0.05) is 13.0 Å². The zero-order chi connectivity index (χ0) is 16.1. The predicted octanol–water partition coefficient (Wildman–Crippen LogP) is 3.68. The molecular formula is C19H31ClN2O. The first-order chi connectivity index (χ1) is 10.5. The van der Waals surface area contributed by atoms with E-state index in [-0.39, 0.29) is 18.3 Å². The Balaban J connectivity index is 0.00000264. The summed E-state index contributed by atoms with van der Waals surface area (Å²) >= 11 is 0. The third-order valence-electron chi connectivity index (χ3n) is 5.00. The van der Waals surface area contributed by atoms with Crippen molar-refractivity contribution in [3.05, 3.63) is 34.4 Å². The summed E-state index contributed by atoms with van der Waals surface area (Å²) in [5.74, 6) is 1.35. The second-order valence-electron chi connectivity index (χ2n) is 6.92. The fourth-order valence-corrected chi connectivity index (χ4v) is 3.62. The molecule has 3 nitrogen and oxygen atoms in total. The van der Waals surface area contributed by atoms with E-state index >= 15 is 0 Å². The van der Waals surface area contributed by atoms with Gasteiger partial charge in [-0.25, -0.2) is 0 Å². The van der Waals surface area contributed by atoms with E-state index in [1.54, 1.807) is 0 Å². The molecule has 1 aromatic rings. The van der Waals surface area contributed by atoms with Gasteiger partial charge in [-0.2, -0.15) is 0 Å². The summed E-state index contributed by atoms with van der Waals surface area (Å²) in [5.41, 5.74) is 5.08. The summed E-state index contributed by atoms with van der Waals surface area (Å²) in [5, 5.41) is 6.50. The third kappa shape index (κ3) is 5.82. The van der Waals surface area contributed by atoms with Crippen molar-refractivity contribution in [3.63, 3.8) is 0 Å². The molecular weight excluding hydrogens is 308 g/mol. The van der Waals surface area contributed by atoms with Crippen LogP contribution in [0, 0.1) is 32.6 Å². The van der Waals surface area contributed by atoms with Crippen molar-refractivity contribution in [3.8, 4) is 0 Å². The Kier molecular flexibility index (Phi) is 8.07. The van der Waals surface area contributed by atoms with Crippen LogP contribution in [0.5, 0.6) is 0 Å². The van der Waals surface area contributed by atoms with Gasteiger partial charge in [0.15, 0.2) is 0 Å². The zero-order valence-corrected chi connectivity index (χ0v) is 15.7. The number of hydrogen-bond donors (Lipinski definition) is 2. The van der Waals surface area contributed by atoms with Gasteiger partial charge in [-0.3, -0.25) is 4.79 Å². The van der Waals surface area contributed by atoms with Crippen molar-refractivity contribution < 1.29 is 4.79 Å². The maximum atomic E-state index is 12.2. The molecule has 1 unspecified atom stereocenters. The minimum absolute atomic E-state index is 0. The van der Waals surface area contributed by atoms with Crippen molar-refractivity contribution in [2.45, 2.75) is 53.5 Å². The Hall–Kier alpha value is -1.06. The molecule has 0 aliphatic carbocycles. The van der Waals surface area contributed by atoms with E-state index < -0.39 is 0 Å². The number of hydrogen-bond acceptors (Lipinski definition) is 2. The molecule has 1 saturated heterocycles. The molecule has 23 heavy (non-hydrogen) atoms. The number of piperidine rings is 1. The van der Waals surface area contributed by atoms with Crippen LogP contribution in [0.4, 0.5) is 0 Å². The topological polar surface area (TPSA) is 41.1 Å². The largest absolute Gasteiger partial charge is 0.352 e. The smallest absolute Gasteiger partial charge is 0.220 e. The Morgan fingerprint density at radius 2 is 1.78 bits per heavy atom. The Labute approximate surface area is 147 Å². The third-order valence-corrected chi connectivity index (χ3v) is 5.00. The standard InChI is InChI=1S/C19H30N2O.ClH/c1-13-9-15(3)18(16(4)10-13)12-21-19(22)11-14(2)17-5-7-20-8-6-17;/h9-10,14,17,20H,5-8,11-12H2,1-4H3,(H,21,22);1H. The number of carbonyl (C=O) groups is 1. The maximum absolute atomic E-state index is 12.2. The van der Waals surface area contributed by atoms with E-state index in [0.29, 0.717) is 24.8 Å². The van der Waals surface area contributed by atoms with E-state index in [9.17, 15) is 4.79 Å². The van der Waals surface area contributed by atoms with Gasteiger partial charge in [0.05, 0.1) is 0 Å². The SMILES string of the molecule is Cc1cc(C)c(CNC(=O)CC(C)C2CCNCC2)c(C)c1.Cl. The molecule has 1 amide bonds. The normalized spacial score (nSPS) is 16.5. The highest BCUT2D eigenvalue weighted by atomic mass is 35.5. The first kappa shape index (κ1) is 20.0. The second kappa shape index (κ2) is 9.29. The second-order valence-corrected chi connectivity index (χ2v) is 6.92. The molecule has 2 N–H and O–H groups in total. The first-order valence-electron chi connectivity index (χ1n) is 8.51. The Bertz CT molecular complexity index is 501. The van der Waals surface area contributed by atoms with Crippen LogP contribution in [-0.2, 0) is 11.3 Å². The number of benzene rings is 1. The van der Waals surface area contributed by atoms with Crippen molar-refractivity contribution >= 4 is 18.3 Å². The van der Waals surface area contributed by atoms with Gasteiger partial charge in [0.25, 0.3) is 0 Å². The van der Waals surface area contributed by atoms with Gasteiger partial charge in [-0.15, -0.1) is 12.4 Å². The average Bonchev–Trinajstić information content (AvgIpc) is 2.47. The molecule has 0 bridgehead atoms. The summed E-state index contributed by atoms with van der Waals surface area (Å²) in [6.45, 7) is 11.4.